The van der Waals surface area contributed by atoms with Crippen molar-refractivity contribution < 1.29 is 13.5 Å². The summed E-state index contributed by atoms with van der Waals surface area (Å²) >= 11 is 4.10. The lowest BCUT2D eigenvalue weighted by atomic mass is 10.2. The van der Waals surface area contributed by atoms with Gasteiger partial charge in [-0.25, -0.2) is 13.1 Å². The molecule has 0 saturated carbocycles. The summed E-state index contributed by atoms with van der Waals surface area (Å²) in [4.78, 5) is 2.56. The van der Waals surface area contributed by atoms with E-state index in [4.69, 9.17) is 0 Å². The summed E-state index contributed by atoms with van der Waals surface area (Å²) in [5, 5.41) is 13.9. The van der Waals surface area contributed by atoms with Crippen LogP contribution in [-0.2, 0) is 16.6 Å². The minimum Gasteiger partial charge on any atom is -0.382 e. The molecule has 0 bridgehead atoms. The number of thiophene rings is 3. The summed E-state index contributed by atoms with van der Waals surface area (Å²) in [6.07, 6.45) is -0.646. The first kappa shape index (κ1) is 15.9. The number of rotatable bonds is 6. The van der Waals surface area contributed by atoms with Crippen molar-refractivity contribution in [2.24, 2.45) is 0 Å². The van der Waals surface area contributed by atoms with Gasteiger partial charge in [-0.05, 0) is 35.0 Å². The second-order valence-electron chi connectivity index (χ2n) is 4.48. The second-order valence-corrected chi connectivity index (χ2v) is 9.60. The zero-order valence-electron chi connectivity index (χ0n) is 11.3. The minimum absolute atomic E-state index is 0.224. The summed E-state index contributed by atoms with van der Waals surface area (Å²) in [5.74, 6) is 0. The van der Waals surface area contributed by atoms with Crippen molar-refractivity contribution >= 4 is 44.0 Å². The molecule has 0 spiro atoms. The molecular weight excluding hydrogens is 358 g/mol. The van der Waals surface area contributed by atoms with E-state index < -0.39 is 16.1 Å². The smallest absolute Gasteiger partial charge is 0.250 e. The third-order valence-electron chi connectivity index (χ3n) is 2.96. The Morgan fingerprint density at radius 2 is 1.82 bits per heavy atom. The van der Waals surface area contributed by atoms with Crippen molar-refractivity contribution in [2.45, 2.75) is 16.9 Å². The van der Waals surface area contributed by atoms with E-state index in [2.05, 4.69) is 4.72 Å². The van der Waals surface area contributed by atoms with Crippen LogP contribution in [0.2, 0.25) is 0 Å². The van der Waals surface area contributed by atoms with Crippen LogP contribution >= 0.6 is 34.0 Å². The van der Waals surface area contributed by atoms with Crippen LogP contribution in [0.15, 0.2) is 51.4 Å². The molecule has 8 heteroatoms. The van der Waals surface area contributed by atoms with Crippen molar-refractivity contribution in [3.05, 3.63) is 61.8 Å². The lowest BCUT2D eigenvalue weighted by Crippen LogP contribution is -2.21. The van der Waals surface area contributed by atoms with E-state index in [0.717, 1.165) is 14.6 Å². The molecule has 1 atom stereocenters. The van der Waals surface area contributed by atoms with Crippen molar-refractivity contribution in [3.63, 3.8) is 0 Å². The molecule has 3 aromatic heterocycles. The van der Waals surface area contributed by atoms with Gasteiger partial charge >= 0.3 is 0 Å². The van der Waals surface area contributed by atoms with Crippen molar-refractivity contribution in [2.75, 3.05) is 0 Å². The average molecular weight is 372 g/mol. The van der Waals surface area contributed by atoms with E-state index in [0.29, 0.717) is 4.21 Å². The zero-order chi connectivity index (χ0) is 15.6. The Hall–Kier alpha value is -1.03. The van der Waals surface area contributed by atoms with Crippen molar-refractivity contribution in [3.8, 4) is 0 Å². The molecule has 0 aliphatic heterocycles. The molecule has 0 aliphatic rings. The zero-order valence-corrected chi connectivity index (χ0v) is 14.6. The van der Waals surface area contributed by atoms with Gasteiger partial charge in [-0.2, -0.15) is 0 Å². The van der Waals surface area contributed by atoms with E-state index in [-0.39, 0.29) is 6.54 Å². The fraction of sp³-hybridized carbons (Fsp3) is 0.143. The van der Waals surface area contributed by atoms with Gasteiger partial charge in [0.1, 0.15) is 10.3 Å². The number of hydrogen-bond acceptors (Lipinski definition) is 6. The van der Waals surface area contributed by atoms with Crippen LogP contribution in [0.1, 0.15) is 20.7 Å². The SMILES string of the molecule is O=S(=O)(NCc1ccc(C(O)c2cccs2)s1)c1cccs1. The lowest BCUT2D eigenvalue weighted by Gasteiger charge is -2.05. The highest BCUT2D eigenvalue weighted by atomic mass is 32.2. The first-order valence-electron chi connectivity index (χ1n) is 6.39. The van der Waals surface area contributed by atoms with Gasteiger partial charge in [-0.15, -0.1) is 34.0 Å². The summed E-state index contributed by atoms with van der Waals surface area (Å²) < 4.78 is 27.0. The fourth-order valence-corrected chi connectivity index (χ4v) is 5.77. The standard InChI is InChI=1S/C14H13NO3S4/c16-14(11-3-1-7-19-11)12-6-5-10(21-12)9-15-22(17,18)13-4-2-8-20-13/h1-8,14-16H,9H2. The first-order chi connectivity index (χ1) is 10.6. The molecule has 0 aliphatic carbocycles. The molecule has 0 aromatic carbocycles. The molecule has 3 rings (SSSR count). The summed E-state index contributed by atoms with van der Waals surface area (Å²) in [6, 6.07) is 10.7. The predicted molar refractivity (Wildman–Crippen MR) is 91.0 cm³/mol. The van der Waals surface area contributed by atoms with Crippen LogP contribution in [-0.4, -0.2) is 13.5 Å². The summed E-state index contributed by atoms with van der Waals surface area (Å²) in [7, 11) is -3.45. The van der Waals surface area contributed by atoms with Crippen LogP contribution in [0.5, 0.6) is 0 Å². The molecule has 0 amide bonds. The number of aliphatic hydroxyl groups excluding tert-OH is 1. The van der Waals surface area contributed by atoms with Crippen LogP contribution in [0.25, 0.3) is 0 Å². The molecule has 3 heterocycles. The Bertz CT molecular complexity index is 819. The van der Waals surface area contributed by atoms with Gasteiger partial charge in [-0.3, -0.25) is 0 Å². The van der Waals surface area contributed by atoms with Gasteiger partial charge in [0.2, 0.25) is 10.0 Å². The van der Waals surface area contributed by atoms with Gasteiger partial charge in [0.15, 0.2) is 0 Å². The highest BCUT2D eigenvalue weighted by Crippen LogP contribution is 2.31. The number of hydrogen-bond donors (Lipinski definition) is 2. The van der Waals surface area contributed by atoms with E-state index in [1.165, 1.54) is 34.0 Å². The Balaban J connectivity index is 1.68. The minimum atomic E-state index is -3.45. The predicted octanol–water partition coefficient (Wildman–Crippen LogP) is 3.43. The lowest BCUT2D eigenvalue weighted by molar-refractivity contribution is 0.228. The summed E-state index contributed by atoms with van der Waals surface area (Å²) in [6.45, 7) is 0.224. The number of aliphatic hydroxyl groups is 1. The van der Waals surface area contributed by atoms with Gasteiger partial charge in [0.05, 0.1) is 0 Å². The van der Waals surface area contributed by atoms with Gasteiger partial charge in [0.25, 0.3) is 0 Å². The topological polar surface area (TPSA) is 66.4 Å². The number of sulfonamides is 1. The Morgan fingerprint density at radius 3 is 2.50 bits per heavy atom. The Kier molecular flexibility index (Phi) is 4.76. The maximum atomic E-state index is 12.1. The normalized spacial score (nSPS) is 13.3. The number of nitrogens with one attached hydrogen (secondary N) is 1. The van der Waals surface area contributed by atoms with Crippen molar-refractivity contribution in [1.29, 1.82) is 0 Å². The molecule has 22 heavy (non-hydrogen) atoms. The average Bonchev–Trinajstić information content (AvgIpc) is 3.26. The molecule has 0 radical (unpaired) electrons. The highest BCUT2D eigenvalue weighted by Gasteiger charge is 2.17. The molecule has 0 fully saturated rings. The fourth-order valence-electron chi connectivity index (χ4n) is 1.88. The van der Waals surface area contributed by atoms with Crippen LogP contribution in [0, 0.1) is 0 Å². The quantitative estimate of drug-likeness (QED) is 0.698. The van der Waals surface area contributed by atoms with Gasteiger partial charge in [-0.1, -0.05) is 12.1 Å². The molecule has 3 aromatic rings. The molecule has 0 saturated heterocycles. The van der Waals surface area contributed by atoms with Gasteiger partial charge < -0.3 is 5.11 Å². The molecular formula is C14H13NO3S4. The van der Waals surface area contributed by atoms with E-state index >= 15 is 0 Å². The van der Waals surface area contributed by atoms with E-state index in [1.54, 1.807) is 17.5 Å². The van der Waals surface area contributed by atoms with Gasteiger partial charge in [0, 0.05) is 21.2 Å². The third kappa shape index (κ3) is 3.48. The third-order valence-corrected chi connectivity index (χ3v) is 7.82. The van der Waals surface area contributed by atoms with E-state index in [1.807, 2.05) is 29.6 Å². The second kappa shape index (κ2) is 6.61. The highest BCUT2D eigenvalue weighted by molar-refractivity contribution is 7.91. The molecule has 1 unspecified atom stereocenters. The van der Waals surface area contributed by atoms with Crippen LogP contribution in [0.4, 0.5) is 0 Å². The largest absolute Gasteiger partial charge is 0.382 e. The molecule has 116 valence electrons. The molecule has 4 nitrogen and oxygen atoms in total. The Labute approximate surface area is 140 Å². The van der Waals surface area contributed by atoms with Crippen LogP contribution < -0.4 is 4.72 Å². The van der Waals surface area contributed by atoms with E-state index in [9.17, 15) is 13.5 Å². The molecule has 2 N–H and O–H groups in total. The maximum absolute atomic E-state index is 12.1. The van der Waals surface area contributed by atoms with Crippen LogP contribution in [0.3, 0.4) is 0 Å². The maximum Gasteiger partial charge on any atom is 0.250 e. The first-order valence-corrected chi connectivity index (χ1v) is 10.5. The summed E-state index contributed by atoms with van der Waals surface area (Å²) in [5.41, 5.74) is 0. The Morgan fingerprint density at radius 1 is 1.05 bits per heavy atom. The monoisotopic (exact) mass is 371 g/mol. The van der Waals surface area contributed by atoms with Crippen molar-refractivity contribution in [1.82, 2.24) is 4.72 Å².